The molecule has 7 atom stereocenters. The maximum Gasteiger partial charge on any atom is 0.429 e. The van der Waals surface area contributed by atoms with Gasteiger partial charge in [-0.1, -0.05) is 32.1 Å². The molecule has 3 aliphatic carbocycles. The number of alkyl halides is 6. The summed E-state index contributed by atoms with van der Waals surface area (Å²) in [5.74, 6) is -3.58. The van der Waals surface area contributed by atoms with Crippen LogP contribution in [-0.2, 0) is 23.9 Å². The number of rotatable bonds is 9. The average Bonchev–Trinajstić information content (AvgIpc) is 3.24. The fourth-order valence-electron chi connectivity index (χ4n) is 7.43. The summed E-state index contributed by atoms with van der Waals surface area (Å²) in [6, 6.07) is 0. The Morgan fingerprint density at radius 3 is 2.18 bits per heavy atom. The molecule has 0 saturated heterocycles. The molecule has 2 N–H and O–H groups in total. The summed E-state index contributed by atoms with van der Waals surface area (Å²) in [7, 11) is 0. The normalized spacial score (nSPS) is 29.6. The smallest absolute Gasteiger partial charge is 0.429 e. The van der Waals surface area contributed by atoms with Gasteiger partial charge in [-0.15, -0.1) is 0 Å². The van der Waals surface area contributed by atoms with Crippen molar-refractivity contribution in [2.45, 2.75) is 116 Å². The first-order chi connectivity index (χ1) is 20.1. The fourth-order valence-corrected chi connectivity index (χ4v) is 7.43. The van der Waals surface area contributed by atoms with E-state index in [-0.39, 0.29) is 11.8 Å². The Morgan fingerprint density at radius 2 is 1.64 bits per heavy atom. The number of carbonyl (C=O) groups is 3. The van der Waals surface area contributed by atoms with E-state index in [4.69, 9.17) is 9.47 Å². The number of fused-ring (bicyclic) bond motifs is 1. The number of hydrogen-bond acceptors (Lipinski definition) is 7. The van der Waals surface area contributed by atoms with Crippen LogP contribution in [0, 0.1) is 23.2 Å². The van der Waals surface area contributed by atoms with E-state index >= 15 is 0 Å². The van der Waals surface area contributed by atoms with E-state index in [0.29, 0.717) is 38.5 Å². The van der Waals surface area contributed by atoms with Gasteiger partial charge in [0.1, 0.15) is 12.2 Å². The number of ketones is 1. The molecule has 0 aliphatic heterocycles. The highest BCUT2D eigenvalue weighted by Crippen LogP contribution is 2.59. The first-order valence-corrected chi connectivity index (χ1v) is 14.6. The number of allylic oxidation sites excluding steroid dienone is 4. The van der Waals surface area contributed by atoms with Crippen LogP contribution in [0.25, 0.3) is 0 Å². The van der Waals surface area contributed by atoms with Gasteiger partial charge in [-0.3, -0.25) is 14.4 Å². The van der Waals surface area contributed by atoms with E-state index in [1.54, 1.807) is 6.92 Å². The van der Waals surface area contributed by atoms with Gasteiger partial charge in [-0.2, -0.15) is 26.3 Å². The molecule has 13 heteroatoms. The lowest BCUT2D eigenvalue weighted by Gasteiger charge is -2.43. The van der Waals surface area contributed by atoms with E-state index in [1.165, 1.54) is 13.8 Å². The maximum atomic E-state index is 13.2. The standard InChI is InChI=1S/C31H40F6O7/c1-16(13-25(40)27(41)29(42,30(32,33)34)31(35,36)37)23-10-11-24-20(7-6-12-28(23,24)5)8-9-21-14-22(43-18(3)38)15-26(17(21)2)44-19(4)39/h7-9,16,22-24,26-27,41-42H,6,10-15H2,1-5H3/b9-8-/t16?,22-,23?,24?,26+,27?,28?/m1/s1. The summed E-state index contributed by atoms with van der Waals surface area (Å²) in [6.07, 6.45) is -8.93. The fraction of sp³-hybridized carbons (Fsp3) is 0.710. The Morgan fingerprint density at radius 1 is 1.05 bits per heavy atom. The molecule has 1 saturated carbocycles. The number of aliphatic hydroxyl groups is 2. The van der Waals surface area contributed by atoms with Crippen molar-refractivity contribution in [3.63, 3.8) is 0 Å². The molecule has 44 heavy (non-hydrogen) atoms. The Balaban J connectivity index is 1.79. The molecule has 0 bridgehead atoms. The molecule has 1 fully saturated rings. The average molecular weight is 639 g/mol. The largest absolute Gasteiger partial charge is 0.462 e. The van der Waals surface area contributed by atoms with Crippen LogP contribution >= 0.6 is 0 Å². The molecule has 0 amide bonds. The minimum atomic E-state index is -6.31. The molecular formula is C31H40F6O7. The third kappa shape index (κ3) is 7.08. The lowest BCUT2D eigenvalue weighted by atomic mass is 9.62. The molecule has 7 nitrogen and oxygen atoms in total. The zero-order valence-corrected chi connectivity index (χ0v) is 25.3. The lowest BCUT2D eigenvalue weighted by Crippen LogP contribution is -2.66. The number of ether oxygens (including phenoxy) is 2. The van der Waals surface area contributed by atoms with E-state index in [2.05, 4.69) is 6.08 Å². The van der Waals surface area contributed by atoms with Crippen LogP contribution in [0.5, 0.6) is 0 Å². The first kappa shape index (κ1) is 35.8. The molecule has 0 radical (unpaired) electrons. The van der Waals surface area contributed by atoms with Crippen molar-refractivity contribution in [3.05, 3.63) is 34.9 Å². The van der Waals surface area contributed by atoms with Crippen LogP contribution in [0.2, 0.25) is 0 Å². The van der Waals surface area contributed by atoms with Crippen LogP contribution in [0.1, 0.15) is 79.6 Å². The van der Waals surface area contributed by atoms with Crippen molar-refractivity contribution in [2.75, 3.05) is 0 Å². The lowest BCUT2D eigenvalue weighted by molar-refractivity contribution is -0.386. The second-order valence-electron chi connectivity index (χ2n) is 12.6. The van der Waals surface area contributed by atoms with E-state index in [9.17, 15) is 50.9 Å². The van der Waals surface area contributed by atoms with Crippen LogP contribution in [0.4, 0.5) is 26.3 Å². The number of Topliss-reactive ketones (excluding diaryl/α,β-unsaturated/α-hetero) is 1. The van der Waals surface area contributed by atoms with Gasteiger partial charge in [0, 0.05) is 33.1 Å². The van der Waals surface area contributed by atoms with E-state index in [0.717, 1.165) is 16.7 Å². The Kier molecular flexibility index (Phi) is 10.6. The van der Waals surface area contributed by atoms with Gasteiger partial charge in [0.25, 0.3) is 5.60 Å². The second-order valence-corrected chi connectivity index (χ2v) is 12.6. The molecule has 3 aliphatic rings. The highest BCUT2D eigenvalue weighted by Gasteiger charge is 2.75. The summed E-state index contributed by atoms with van der Waals surface area (Å²) in [6.45, 7) is 8.00. The first-order valence-electron chi connectivity index (χ1n) is 14.6. The SMILES string of the molecule is CC(=O)O[C@@H]1CC(/C=C\C2=CCCC3(C)C2CCC3C(C)CC(=O)C(O)C(O)(C(F)(F)F)C(F)(F)F)=C(C)[C@@H](OC(C)=O)C1. The number of carbonyl (C=O) groups excluding carboxylic acids is 3. The Labute approximate surface area is 252 Å². The summed E-state index contributed by atoms with van der Waals surface area (Å²) in [5, 5.41) is 19.4. The maximum absolute atomic E-state index is 13.2. The third-order valence-corrected chi connectivity index (χ3v) is 9.68. The molecule has 0 aromatic rings. The number of esters is 2. The Hall–Kier alpha value is -2.67. The topological polar surface area (TPSA) is 110 Å². The molecule has 3 rings (SSSR count). The zero-order chi connectivity index (χ0) is 33.4. The van der Waals surface area contributed by atoms with Gasteiger partial charge in [0.15, 0.2) is 11.9 Å². The predicted molar refractivity (Wildman–Crippen MR) is 146 cm³/mol. The minimum Gasteiger partial charge on any atom is -0.462 e. The number of halogens is 6. The minimum absolute atomic E-state index is 0.0136. The van der Waals surface area contributed by atoms with Crippen molar-refractivity contribution < 1.29 is 60.4 Å². The van der Waals surface area contributed by atoms with Crippen LogP contribution < -0.4 is 0 Å². The molecule has 0 aromatic heterocycles. The van der Waals surface area contributed by atoms with Gasteiger partial charge in [0.2, 0.25) is 0 Å². The van der Waals surface area contributed by atoms with Crippen LogP contribution in [-0.4, -0.2) is 64.2 Å². The molecular weight excluding hydrogens is 598 g/mol. The van der Waals surface area contributed by atoms with Crippen molar-refractivity contribution in [1.29, 1.82) is 0 Å². The predicted octanol–water partition coefficient (Wildman–Crippen LogP) is 6.08. The molecule has 0 spiro atoms. The van der Waals surface area contributed by atoms with Gasteiger partial charge >= 0.3 is 24.3 Å². The summed E-state index contributed by atoms with van der Waals surface area (Å²) in [4.78, 5) is 35.8. The van der Waals surface area contributed by atoms with E-state index < -0.39 is 71.7 Å². The van der Waals surface area contributed by atoms with E-state index in [1.807, 2.05) is 26.0 Å². The molecule has 248 valence electrons. The second kappa shape index (κ2) is 13.0. The van der Waals surface area contributed by atoms with Crippen LogP contribution in [0.15, 0.2) is 34.9 Å². The third-order valence-electron chi connectivity index (χ3n) is 9.68. The molecule has 0 heterocycles. The van der Waals surface area contributed by atoms with Gasteiger partial charge < -0.3 is 19.7 Å². The quantitative estimate of drug-likeness (QED) is 0.233. The van der Waals surface area contributed by atoms with Gasteiger partial charge in [-0.25, -0.2) is 0 Å². The monoisotopic (exact) mass is 638 g/mol. The van der Waals surface area contributed by atoms with Crippen molar-refractivity contribution in [2.24, 2.45) is 23.2 Å². The molecule has 0 aromatic carbocycles. The number of aliphatic hydroxyl groups excluding tert-OH is 1. The summed E-state index contributed by atoms with van der Waals surface area (Å²) >= 11 is 0. The van der Waals surface area contributed by atoms with Crippen molar-refractivity contribution in [3.8, 4) is 0 Å². The molecule has 5 unspecified atom stereocenters. The highest BCUT2D eigenvalue weighted by atomic mass is 19.4. The van der Waals surface area contributed by atoms with Crippen molar-refractivity contribution in [1.82, 2.24) is 0 Å². The van der Waals surface area contributed by atoms with Gasteiger partial charge in [-0.05, 0) is 72.5 Å². The number of hydrogen-bond donors (Lipinski definition) is 2. The Bertz CT molecular complexity index is 1200. The highest BCUT2D eigenvalue weighted by molar-refractivity contribution is 5.84. The van der Waals surface area contributed by atoms with Crippen LogP contribution in [0.3, 0.4) is 0 Å². The zero-order valence-electron chi connectivity index (χ0n) is 25.3. The summed E-state index contributed by atoms with van der Waals surface area (Å²) < 4.78 is 90.2. The van der Waals surface area contributed by atoms with Crippen molar-refractivity contribution >= 4 is 17.7 Å². The summed E-state index contributed by atoms with van der Waals surface area (Å²) in [5.41, 5.74) is -3.35. The van der Waals surface area contributed by atoms with Gasteiger partial charge in [0.05, 0.1) is 0 Å².